The zero-order valence-corrected chi connectivity index (χ0v) is 12.8. The molecule has 118 valence electrons. The minimum Gasteiger partial charge on any atom is -0.339 e. The normalized spacial score (nSPS) is 26.1. The van der Waals surface area contributed by atoms with E-state index in [-0.39, 0.29) is 0 Å². The first-order chi connectivity index (χ1) is 8.89. The number of rotatable bonds is 3. The maximum absolute atomic E-state index is 13.0. The molecule has 0 N–H and O–H groups in total. The van der Waals surface area contributed by atoms with Gasteiger partial charge in [0.2, 0.25) is 15.9 Å². The van der Waals surface area contributed by atoms with Gasteiger partial charge in [-0.25, -0.2) is 12.7 Å². The van der Waals surface area contributed by atoms with Gasteiger partial charge >= 0.3 is 6.18 Å². The largest absolute Gasteiger partial charge is 0.394 e. The Morgan fingerprint density at radius 2 is 1.85 bits per heavy atom. The van der Waals surface area contributed by atoms with Crippen LogP contribution in [0.4, 0.5) is 13.2 Å². The van der Waals surface area contributed by atoms with Crippen molar-refractivity contribution in [3.05, 3.63) is 0 Å². The summed E-state index contributed by atoms with van der Waals surface area (Å²) in [5.74, 6) is -2.80. The molecule has 1 rings (SSSR count). The molecular weight excluding hydrogens is 321 g/mol. The molecule has 1 saturated heterocycles. The Kier molecular flexibility index (Phi) is 4.98. The molecule has 0 aromatic heterocycles. The molecule has 0 saturated carbocycles. The van der Waals surface area contributed by atoms with Crippen molar-refractivity contribution in [3.63, 3.8) is 0 Å². The maximum Gasteiger partial charge on any atom is 0.394 e. The number of carbonyl (C=O) groups is 1. The average Bonchev–Trinajstić information content (AvgIpc) is 2.72. The van der Waals surface area contributed by atoms with Gasteiger partial charge in [0, 0.05) is 27.2 Å². The molecule has 0 spiro atoms. The predicted octanol–water partition coefficient (Wildman–Crippen LogP) is 0.894. The van der Waals surface area contributed by atoms with Crippen LogP contribution in [0.3, 0.4) is 0 Å². The number of sulfonamides is 1. The summed E-state index contributed by atoms with van der Waals surface area (Å²) in [6.45, 7) is 0.151. The van der Waals surface area contributed by atoms with E-state index in [1.807, 2.05) is 0 Å². The van der Waals surface area contributed by atoms with E-state index in [1.54, 1.807) is 0 Å². The smallest absolute Gasteiger partial charge is 0.339 e. The number of hydrogen-bond donors (Lipinski definition) is 0. The molecule has 1 amide bonds. The van der Waals surface area contributed by atoms with E-state index in [4.69, 9.17) is 11.6 Å². The van der Waals surface area contributed by atoms with Gasteiger partial charge in [0.25, 0.3) is 0 Å². The van der Waals surface area contributed by atoms with Gasteiger partial charge in [0.05, 0.1) is 5.92 Å². The number of nitrogens with zero attached hydrogens (tertiary/aromatic N) is 2. The molecule has 0 aromatic carbocycles. The number of amides is 1. The lowest BCUT2D eigenvalue weighted by molar-refractivity contribution is -0.170. The van der Waals surface area contributed by atoms with Crippen molar-refractivity contribution in [1.82, 2.24) is 9.21 Å². The third-order valence-corrected chi connectivity index (χ3v) is 5.68. The predicted molar refractivity (Wildman–Crippen MR) is 67.8 cm³/mol. The Morgan fingerprint density at radius 3 is 2.20 bits per heavy atom. The van der Waals surface area contributed by atoms with E-state index >= 15 is 0 Å². The summed E-state index contributed by atoms with van der Waals surface area (Å²) >= 11 is 5.56. The van der Waals surface area contributed by atoms with E-state index < -0.39 is 51.7 Å². The van der Waals surface area contributed by atoms with E-state index in [1.165, 1.54) is 6.92 Å². The highest BCUT2D eigenvalue weighted by Gasteiger charge is 2.56. The van der Waals surface area contributed by atoms with Gasteiger partial charge in [0.1, 0.15) is 10.6 Å². The first-order valence-corrected chi connectivity index (χ1v) is 7.74. The van der Waals surface area contributed by atoms with Gasteiger partial charge in [-0.3, -0.25) is 4.79 Å². The van der Waals surface area contributed by atoms with Gasteiger partial charge in [-0.1, -0.05) is 0 Å². The van der Waals surface area contributed by atoms with Gasteiger partial charge in [0.15, 0.2) is 0 Å². The van der Waals surface area contributed by atoms with Crippen LogP contribution in [-0.2, 0) is 14.8 Å². The van der Waals surface area contributed by atoms with Gasteiger partial charge in [-0.15, -0.1) is 11.6 Å². The van der Waals surface area contributed by atoms with Crippen LogP contribution < -0.4 is 0 Å². The lowest BCUT2D eigenvalue weighted by atomic mass is 10.1. The molecule has 0 aliphatic carbocycles. The number of carbonyl (C=O) groups excluding carboxylic acids is 1. The number of alkyl halides is 4. The summed E-state index contributed by atoms with van der Waals surface area (Å²) in [6, 6.07) is 0. The van der Waals surface area contributed by atoms with E-state index in [2.05, 4.69) is 0 Å². The lowest BCUT2D eigenvalue weighted by Gasteiger charge is -2.23. The quantitative estimate of drug-likeness (QED) is 0.719. The Bertz CT molecular complexity index is 479. The van der Waals surface area contributed by atoms with E-state index in [0.717, 1.165) is 23.3 Å². The van der Waals surface area contributed by atoms with E-state index in [9.17, 15) is 26.4 Å². The second kappa shape index (κ2) is 5.69. The van der Waals surface area contributed by atoms with Crippen molar-refractivity contribution in [2.45, 2.75) is 23.7 Å². The summed E-state index contributed by atoms with van der Waals surface area (Å²) in [5, 5.41) is -2.69. The Hall–Kier alpha value is -0.540. The van der Waals surface area contributed by atoms with Crippen LogP contribution in [0.25, 0.3) is 0 Å². The molecule has 10 heteroatoms. The van der Waals surface area contributed by atoms with Gasteiger partial charge < -0.3 is 4.90 Å². The third kappa shape index (κ3) is 3.37. The zero-order valence-electron chi connectivity index (χ0n) is 11.2. The molecule has 3 atom stereocenters. The molecule has 1 fully saturated rings. The molecule has 0 bridgehead atoms. The first-order valence-electron chi connectivity index (χ1n) is 5.80. The van der Waals surface area contributed by atoms with Crippen molar-refractivity contribution in [1.29, 1.82) is 0 Å². The molecule has 1 aliphatic rings. The van der Waals surface area contributed by atoms with E-state index in [0.29, 0.717) is 0 Å². The van der Waals surface area contributed by atoms with Crippen molar-refractivity contribution < 1.29 is 26.4 Å². The molecule has 0 aromatic rings. The standard InChI is InChI=1S/C10H16ClF3N2O3S/c1-6(11)9(17)16-4-7(10(12,13)14)8(5-16)20(18,19)15(2)3/h6-8H,4-5H2,1-3H3/t6?,7-,8-/m0/s1. The highest BCUT2D eigenvalue weighted by Crippen LogP contribution is 2.38. The Morgan fingerprint density at radius 1 is 1.35 bits per heavy atom. The molecule has 1 heterocycles. The zero-order chi connectivity index (χ0) is 15.9. The van der Waals surface area contributed by atoms with Crippen molar-refractivity contribution in [3.8, 4) is 0 Å². The van der Waals surface area contributed by atoms with Crippen molar-refractivity contribution >= 4 is 27.5 Å². The summed E-state index contributed by atoms with van der Waals surface area (Å²) < 4.78 is 63.7. The number of likely N-dealkylation sites (tertiary alicyclic amines) is 1. The monoisotopic (exact) mass is 336 g/mol. The van der Waals surface area contributed by atoms with Crippen molar-refractivity contribution in [2.24, 2.45) is 5.92 Å². The second-order valence-electron chi connectivity index (χ2n) is 4.87. The second-order valence-corrected chi connectivity index (χ2v) is 7.89. The fourth-order valence-electron chi connectivity index (χ4n) is 2.09. The third-order valence-electron chi connectivity index (χ3n) is 3.23. The van der Waals surface area contributed by atoms with Crippen LogP contribution in [-0.4, -0.2) is 67.5 Å². The summed E-state index contributed by atoms with van der Waals surface area (Å²) in [5.41, 5.74) is 0. The fraction of sp³-hybridized carbons (Fsp3) is 0.900. The van der Waals surface area contributed by atoms with Crippen LogP contribution in [0.5, 0.6) is 0 Å². The molecule has 20 heavy (non-hydrogen) atoms. The number of halogens is 4. The lowest BCUT2D eigenvalue weighted by Crippen LogP contribution is -2.43. The average molecular weight is 337 g/mol. The summed E-state index contributed by atoms with van der Waals surface area (Å²) in [7, 11) is -1.80. The van der Waals surface area contributed by atoms with Crippen LogP contribution in [0.1, 0.15) is 6.92 Å². The van der Waals surface area contributed by atoms with Gasteiger partial charge in [-0.2, -0.15) is 13.2 Å². The summed E-state index contributed by atoms with van der Waals surface area (Å²) in [4.78, 5) is 12.5. The van der Waals surface area contributed by atoms with Crippen LogP contribution in [0.15, 0.2) is 0 Å². The van der Waals surface area contributed by atoms with Crippen LogP contribution in [0.2, 0.25) is 0 Å². The molecular formula is C10H16ClF3N2O3S. The van der Waals surface area contributed by atoms with Gasteiger partial charge in [-0.05, 0) is 6.92 Å². The Labute approximate surface area is 120 Å². The summed E-state index contributed by atoms with van der Waals surface area (Å²) in [6.07, 6.45) is -4.70. The molecule has 0 radical (unpaired) electrons. The number of hydrogen-bond acceptors (Lipinski definition) is 3. The highest BCUT2D eigenvalue weighted by molar-refractivity contribution is 7.89. The first kappa shape index (κ1) is 17.5. The SMILES string of the molecule is CC(Cl)C(=O)N1C[C@H](C(F)(F)F)[C@@H](S(=O)(=O)N(C)C)C1. The van der Waals surface area contributed by atoms with Crippen molar-refractivity contribution in [2.75, 3.05) is 27.2 Å². The highest BCUT2D eigenvalue weighted by atomic mass is 35.5. The fourth-order valence-corrected chi connectivity index (χ4v) is 3.80. The molecule has 1 unspecified atom stereocenters. The minimum absolute atomic E-state index is 0.499. The Balaban J connectivity index is 3.12. The minimum atomic E-state index is -4.70. The maximum atomic E-state index is 13.0. The van der Waals surface area contributed by atoms with Crippen LogP contribution >= 0.6 is 11.6 Å². The van der Waals surface area contributed by atoms with Crippen LogP contribution in [0, 0.1) is 5.92 Å². The topological polar surface area (TPSA) is 57.7 Å². The molecule has 5 nitrogen and oxygen atoms in total. The molecule has 1 aliphatic heterocycles.